The number of aryl methyl sites for hydroxylation is 2. The number of pyridine rings is 2. The molecule has 150 valence electrons. The third-order valence-electron chi connectivity index (χ3n) is 5.50. The number of benzene rings is 3. The molecule has 0 atom stereocenters. The van der Waals surface area contributed by atoms with E-state index in [9.17, 15) is 22.6 Å². The van der Waals surface area contributed by atoms with Crippen molar-refractivity contribution in [3.05, 3.63) is 74.0 Å². The third-order valence-corrected chi connectivity index (χ3v) is 6.54. The van der Waals surface area contributed by atoms with Crippen molar-refractivity contribution in [2.45, 2.75) is 18.7 Å². The first-order valence-corrected chi connectivity index (χ1v) is 10.6. The molecule has 0 saturated carbocycles. The first-order chi connectivity index (χ1) is 14.2. The van der Waals surface area contributed by atoms with Crippen molar-refractivity contribution in [1.82, 2.24) is 9.97 Å². The van der Waals surface area contributed by atoms with Gasteiger partial charge in [0.1, 0.15) is 4.90 Å². The predicted molar refractivity (Wildman–Crippen MR) is 117 cm³/mol. The van der Waals surface area contributed by atoms with Crippen LogP contribution in [-0.2, 0) is 10.1 Å². The van der Waals surface area contributed by atoms with E-state index in [1.54, 1.807) is 50.2 Å². The Kier molecular flexibility index (Phi) is 3.71. The molecule has 5 rings (SSSR count). The molecule has 3 aromatic carbocycles. The number of hydrogen-bond donors (Lipinski definition) is 3. The fraction of sp³-hybridized carbons (Fsp3) is 0.0909. The number of nitrogens with one attached hydrogen (secondary N) is 2. The van der Waals surface area contributed by atoms with E-state index in [1.165, 1.54) is 0 Å². The van der Waals surface area contributed by atoms with E-state index in [0.717, 1.165) is 0 Å². The zero-order chi connectivity index (χ0) is 21.4. The lowest BCUT2D eigenvalue weighted by Crippen LogP contribution is -2.12. The maximum Gasteiger partial charge on any atom is 0.296 e. The molecule has 5 aromatic rings. The van der Waals surface area contributed by atoms with Gasteiger partial charge in [-0.1, -0.05) is 18.2 Å². The van der Waals surface area contributed by atoms with Crippen LogP contribution in [-0.4, -0.2) is 22.9 Å². The van der Waals surface area contributed by atoms with Crippen molar-refractivity contribution < 1.29 is 13.0 Å². The van der Waals surface area contributed by atoms with Gasteiger partial charge in [0.15, 0.2) is 10.9 Å². The highest BCUT2D eigenvalue weighted by Crippen LogP contribution is 2.29. The minimum atomic E-state index is -4.58. The maximum absolute atomic E-state index is 13.3. The van der Waals surface area contributed by atoms with E-state index in [0.29, 0.717) is 43.8 Å². The Balaban J connectivity index is 2.05. The lowest BCUT2D eigenvalue weighted by atomic mass is 10.0. The zero-order valence-corrected chi connectivity index (χ0v) is 16.8. The number of H-pyrrole nitrogens is 2. The van der Waals surface area contributed by atoms with Gasteiger partial charge in [-0.3, -0.25) is 14.1 Å². The van der Waals surface area contributed by atoms with Crippen molar-refractivity contribution in [3.63, 3.8) is 0 Å². The van der Waals surface area contributed by atoms with Crippen LogP contribution in [0.3, 0.4) is 0 Å². The standard InChI is InChI=1S/C22H16N2O5S/c1-10-7-11(2)22(30(27,28)29)19-18(10)21(26)14-9-16-13(8-17(14)24-19)20(25)12-5-3-4-6-15(12)23-16/h3-9H,1-2H3,(H,23,25)(H,24,26)(H,27,28,29). The van der Waals surface area contributed by atoms with Gasteiger partial charge in [0.25, 0.3) is 10.1 Å². The largest absolute Gasteiger partial charge is 0.354 e. The Morgan fingerprint density at radius 1 is 0.767 bits per heavy atom. The van der Waals surface area contributed by atoms with Crippen LogP contribution >= 0.6 is 0 Å². The topological polar surface area (TPSA) is 120 Å². The molecule has 0 bridgehead atoms. The number of aromatic amines is 2. The van der Waals surface area contributed by atoms with Gasteiger partial charge < -0.3 is 9.97 Å². The van der Waals surface area contributed by atoms with Crippen LogP contribution < -0.4 is 10.9 Å². The summed E-state index contributed by atoms with van der Waals surface area (Å²) in [6.07, 6.45) is 0. The average molecular weight is 420 g/mol. The molecule has 0 radical (unpaired) electrons. The zero-order valence-electron chi connectivity index (χ0n) is 16.0. The molecule has 0 aliphatic rings. The van der Waals surface area contributed by atoms with Crippen molar-refractivity contribution in [3.8, 4) is 0 Å². The van der Waals surface area contributed by atoms with E-state index < -0.39 is 10.1 Å². The Morgan fingerprint density at radius 3 is 2.10 bits per heavy atom. The van der Waals surface area contributed by atoms with Crippen LogP contribution in [0.4, 0.5) is 0 Å². The predicted octanol–water partition coefficient (Wildman–Crippen LogP) is 3.54. The van der Waals surface area contributed by atoms with Crippen LogP contribution in [0.25, 0.3) is 43.6 Å². The molecule has 8 heteroatoms. The van der Waals surface area contributed by atoms with E-state index in [-0.39, 0.29) is 26.7 Å². The second-order valence-corrected chi connectivity index (χ2v) is 8.82. The third kappa shape index (κ3) is 2.51. The molecular weight excluding hydrogens is 404 g/mol. The Labute approximate surface area is 169 Å². The summed E-state index contributed by atoms with van der Waals surface area (Å²) in [5, 5.41) is 1.38. The maximum atomic E-state index is 13.3. The molecule has 7 nitrogen and oxygen atoms in total. The highest BCUT2D eigenvalue weighted by molar-refractivity contribution is 7.86. The summed E-state index contributed by atoms with van der Waals surface area (Å²) in [5.41, 5.74) is 1.85. The lowest BCUT2D eigenvalue weighted by molar-refractivity contribution is 0.483. The normalized spacial score (nSPS) is 12.4. The minimum Gasteiger partial charge on any atom is -0.354 e. The van der Waals surface area contributed by atoms with Gasteiger partial charge in [-0.2, -0.15) is 8.42 Å². The molecule has 30 heavy (non-hydrogen) atoms. The van der Waals surface area contributed by atoms with Crippen molar-refractivity contribution in [1.29, 1.82) is 0 Å². The van der Waals surface area contributed by atoms with Crippen molar-refractivity contribution >= 4 is 53.7 Å². The quantitative estimate of drug-likeness (QED) is 0.283. The molecule has 3 N–H and O–H groups in total. The second-order valence-electron chi connectivity index (χ2n) is 7.46. The number of fused-ring (bicyclic) bond motifs is 4. The van der Waals surface area contributed by atoms with Crippen LogP contribution in [0.15, 0.2) is 56.9 Å². The second kappa shape index (κ2) is 6.01. The van der Waals surface area contributed by atoms with E-state index in [4.69, 9.17) is 0 Å². The Morgan fingerprint density at radius 2 is 1.40 bits per heavy atom. The van der Waals surface area contributed by atoms with Gasteiger partial charge in [0.05, 0.1) is 21.9 Å². The summed E-state index contributed by atoms with van der Waals surface area (Å²) in [6, 6.07) is 11.8. The van der Waals surface area contributed by atoms with Crippen molar-refractivity contribution in [2.24, 2.45) is 0 Å². The molecular formula is C22H16N2O5S. The molecule has 2 heterocycles. The van der Waals surface area contributed by atoms with Crippen LogP contribution in [0.5, 0.6) is 0 Å². The van der Waals surface area contributed by atoms with Gasteiger partial charge in [0.2, 0.25) is 0 Å². The van der Waals surface area contributed by atoms with Crippen LogP contribution in [0.1, 0.15) is 11.1 Å². The highest BCUT2D eigenvalue weighted by Gasteiger charge is 2.22. The number of aromatic nitrogens is 2. The monoisotopic (exact) mass is 420 g/mol. The molecule has 0 fully saturated rings. The Bertz CT molecular complexity index is 1780. The molecule has 0 aliphatic carbocycles. The van der Waals surface area contributed by atoms with E-state index in [1.807, 2.05) is 6.07 Å². The van der Waals surface area contributed by atoms with Gasteiger partial charge >= 0.3 is 0 Å². The first kappa shape index (κ1) is 18.5. The molecule has 0 amide bonds. The Hall–Kier alpha value is -3.49. The first-order valence-electron chi connectivity index (χ1n) is 9.19. The van der Waals surface area contributed by atoms with E-state index >= 15 is 0 Å². The number of hydrogen-bond acceptors (Lipinski definition) is 4. The number of rotatable bonds is 1. The van der Waals surface area contributed by atoms with Crippen molar-refractivity contribution in [2.75, 3.05) is 0 Å². The molecule has 0 spiro atoms. The smallest absolute Gasteiger partial charge is 0.296 e. The van der Waals surface area contributed by atoms with Crippen LogP contribution in [0.2, 0.25) is 0 Å². The summed E-state index contributed by atoms with van der Waals surface area (Å²) >= 11 is 0. The highest BCUT2D eigenvalue weighted by atomic mass is 32.2. The van der Waals surface area contributed by atoms with Gasteiger partial charge in [0, 0.05) is 21.7 Å². The number of para-hydroxylation sites is 1. The summed E-state index contributed by atoms with van der Waals surface area (Å²) in [4.78, 5) is 32.1. The van der Waals surface area contributed by atoms with Gasteiger partial charge in [-0.05, 0) is 49.2 Å². The molecule has 0 aliphatic heterocycles. The fourth-order valence-electron chi connectivity index (χ4n) is 4.25. The SMILES string of the molecule is Cc1cc(C)c2c(=O)c3cc4[nH]c5ccccc5c(=O)c4cc3[nH]c2c1S(=O)(=O)O. The summed E-state index contributed by atoms with van der Waals surface area (Å²) in [6.45, 7) is 3.26. The van der Waals surface area contributed by atoms with Gasteiger partial charge in [-0.25, -0.2) is 0 Å². The summed E-state index contributed by atoms with van der Waals surface area (Å²) in [7, 11) is -4.58. The van der Waals surface area contributed by atoms with E-state index in [2.05, 4.69) is 9.97 Å². The minimum absolute atomic E-state index is 0.0315. The molecule has 0 saturated heterocycles. The molecule has 0 unspecified atom stereocenters. The summed E-state index contributed by atoms with van der Waals surface area (Å²) < 4.78 is 33.8. The van der Waals surface area contributed by atoms with Crippen LogP contribution in [0, 0.1) is 13.8 Å². The summed E-state index contributed by atoms with van der Waals surface area (Å²) in [5.74, 6) is 0. The average Bonchev–Trinajstić information content (AvgIpc) is 2.66. The fourth-order valence-corrected chi connectivity index (χ4v) is 5.12. The molecule has 2 aromatic heterocycles. The lowest BCUT2D eigenvalue weighted by Gasteiger charge is -2.12. The van der Waals surface area contributed by atoms with Gasteiger partial charge in [-0.15, -0.1) is 0 Å².